The van der Waals surface area contributed by atoms with Gasteiger partial charge in [-0.2, -0.15) is 0 Å². The number of aromatic amines is 3. The summed E-state index contributed by atoms with van der Waals surface area (Å²) in [5.74, 6) is 0.371. The number of rotatable bonds is 6. The third-order valence-electron chi connectivity index (χ3n) is 21.2. The smallest absolute Gasteiger partial charge is 0.335 e. The fourth-order valence-electron chi connectivity index (χ4n) is 17.2. The topological polar surface area (TPSA) is 206 Å². The third kappa shape index (κ3) is 9.20. The van der Waals surface area contributed by atoms with Crippen molar-refractivity contribution in [3.63, 3.8) is 0 Å². The number of carbonyl (C=O) groups excluding carboxylic acids is 3. The van der Waals surface area contributed by atoms with Crippen LogP contribution in [0.1, 0.15) is 97.0 Å². The molecule has 4 aromatic carbocycles. The van der Waals surface area contributed by atoms with Gasteiger partial charge in [0.05, 0.1) is 80.0 Å². The molecule has 0 spiro atoms. The second-order valence-electron chi connectivity index (χ2n) is 25.4. The number of nitrogens with one attached hydrogen (secondary N) is 3. The van der Waals surface area contributed by atoms with Gasteiger partial charge in [-0.1, -0.05) is 74.5 Å². The number of hydrogen-bond donors (Lipinski definition) is 6. The molecule has 0 radical (unpaired) electrons. The van der Waals surface area contributed by atoms with Gasteiger partial charge in [0.2, 0.25) is 0 Å². The maximum Gasteiger partial charge on any atom is 0.335 e. The molecule has 17 heteroatoms. The minimum absolute atomic E-state index is 0.000768. The van der Waals surface area contributed by atoms with Gasteiger partial charge >= 0.3 is 17.9 Å². The van der Waals surface area contributed by atoms with Crippen LogP contribution in [0.2, 0.25) is 0 Å². The highest BCUT2D eigenvalue weighted by Crippen LogP contribution is 2.58. The minimum Gasteiger partial charge on any atom is -0.489 e. The Morgan fingerprint density at radius 2 is 1.05 bits per heavy atom. The van der Waals surface area contributed by atoms with Gasteiger partial charge < -0.3 is 63.9 Å². The van der Waals surface area contributed by atoms with Crippen LogP contribution >= 0.6 is 0 Å². The van der Waals surface area contributed by atoms with E-state index in [-0.39, 0.29) is 95.3 Å². The molecule has 9 aliphatic rings. The molecule has 0 amide bonds. The largest absolute Gasteiger partial charge is 0.489 e. The number of aliphatic hydroxyl groups excluding tert-OH is 3. The van der Waals surface area contributed by atoms with Crippen LogP contribution < -0.4 is 4.74 Å². The predicted molar refractivity (Wildman–Crippen MR) is 321 cm³/mol. The Morgan fingerprint density at radius 1 is 0.547 bits per heavy atom. The normalized spacial score (nSPS) is 29.8. The van der Waals surface area contributed by atoms with Crippen molar-refractivity contribution in [2.24, 2.45) is 47.3 Å². The molecule has 3 fully saturated rings. The maximum absolute atomic E-state index is 14.4. The molecule has 7 aromatic rings. The highest BCUT2D eigenvalue weighted by Gasteiger charge is 2.55. The van der Waals surface area contributed by atoms with Gasteiger partial charge in [0.1, 0.15) is 18.2 Å². The van der Waals surface area contributed by atoms with Gasteiger partial charge in [-0.05, 0) is 127 Å². The SMILES string of the molecule is COC(=O)C1=CN2CCc3c([nH]c4c(F)cccc34)[C@@H]2[C@@H]2[C@@H](C)[C@@H](O)C[C@H]12.COC(=O)C1=CN2CCc3c([nH]c4ccc(OCc5ccccc5)cc34)[C@@H]2[C@@H]2[C@@H](C)[C@@H](O)C[C@H]12.COC(=O)C1=CN2CCc3c([nH]c4ccccc34)[C@@H]2[C@@H]2C[C@@H](O)C[C@H]12. The number of ether oxygens (including phenoxy) is 4. The third-order valence-corrected chi connectivity index (χ3v) is 21.2. The summed E-state index contributed by atoms with van der Waals surface area (Å²) in [6.07, 6.45) is 9.82. The quantitative estimate of drug-likeness (QED) is 0.0679. The molecule has 16 rings (SSSR count). The van der Waals surface area contributed by atoms with E-state index in [0.717, 1.165) is 84.4 Å². The van der Waals surface area contributed by atoms with E-state index in [4.69, 9.17) is 18.9 Å². The second-order valence-corrected chi connectivity index (χ2v) is 25.4. The molecule has 0 saturated heterocycles. The zero-order valence-electron chi connectivity index (χ0n) is 49.2. The molecule has 3 saturated carbocycles. The standard InChI is InChI=1S/C28H30N2O4.C21H23FN2O3.C20H22N2O3/c1-16-24(31)13-21-22(28(32)33-2)14-30-11-10-19-20-12-18(34-15-17-6-4-3-5-7-17)8-9-23(20)29-26(19)27(30)25(16)21;1-10-16(25)8-13-14(21(26)27-2)9-24-7-6-12-11-4-3-5-15(22)18(11)23-19(12)20(24)17(10)13;1-25-20(24)16-10-22-7-6-13-12-4-2-3-5-17(12)21-18(13)19(22)15-9-11(23)8-14(15)16/h3-9,12,14,16,21,24-25,27,29,31H,10-11,13,15H2,1-2H3;3-5,9-10,13,16-17,20,23,25H,6-8H2,1-2H3;2-5,10-11,14-15,19,21,23H,6-9H2,1H3/t16-,21+,24-,25+,27-;10-,13+,16-,17+,20-;11-,14-,15+,19-/m000/s1. The summed E-state index contributed by atoms with van der Waals surface area (Å²) < 4.78 is 35.6. The monoisotopic (exact) mass is 1170 g/mol. The number of nitrogens with zero attached hydrogens (tertiary/aromatic N) is 3. The molecule has 3 aromatic heterocycles. The lowest BCUT2D eigenvalue weighted by atomic mass is 9.74. The van der Waals surface area contributed by atoms with Gasteiger partial charge in [-0.3, -0.25) is 0 Å². The summed E-state index contributed by atoms with van der Waals surface area (Å²) in [4.78, 5) is 54.6. The average Bonchev–Trinajstić information content (AvgIpc) is 1.63. The van der Waals surface area contributed by atoms with Gasteiger partial charge in [0, 0.05) is 100 Å². The minimum atomic E-state index is -0.459. The number of methoxy groups -OCH3 is 3. The lowest BCUT2D eigenvalue weighted by Gasteiger charge is -2.46. The Labute approximate surface area is 498 Å². The van der Waals surface area contributed by atoms with Crippen LogP contribution in [0, 0.1) is 53.2 Å². The van der Waals surface area contributed by atoms with Crippen LogP contribution in [0.3, 0.4) is 0 Å². The first-order valence-electron chi connectivity index (χ1n) is 30.6. The van der Waals surface area contributed by atoms with Crippen LogP contribution in [0.25, 0.3) is 32.7 Å². The van der Waals surface area contributed by atoms with Crippen molar-refractivity contribution in [2.75, 3.05) is 41.0 Å². The number of aromatic nitrogens is 3. The van der Waals surface area contributed by atoms with E-state index in [1.807, 2.05) is 55.9 Å². The molecule has 16 nitrogen and oxygen atoms in total. The Balaban J connectivity index is 0.000000116. The summed E-state index contributed by atoms with van der Waals surface area (Å²) >= 11 is 0. The molecule has 6 N–H and O–H groups in total. The Morgan fingerprint density at radius 3 is 1.65 bits per heavy atom. The van der Waals surface area contributed by atoms with Gasteiger partial charge in [0.15, 0.2) is 0 Å². The maximum atomic E-state index is 14.4. The van der Waals surface area contributed by atoms with Crippen molar-refractivity contribution < 1.29 is 53.0 Å². The molecule has 0 unspecified atom stereocenters. The average molecular weight is 1170 g/mol. The Hall–Kier alpha value is -7.86. The first-order chi connectivity index (χ1) is 41.7. The van der Waals surface area contributed by atoms with Crippen LogP contribution in [0.15, 0.2) is 126 Å². The molecule has 9 heterocycles. The second kappa shape index (κ2) is 22.1. The number of H-pyrrole nitrogens is 3. The molecule has 448 valence electrons. The van der Waals surface area contributed by atoms with Crippen molar-refractivity contribution in [2.45, 2.75) is 102 Å². The Kier molecular flexibility index (Phi) is 14.4. The van der Waals surface area contributed by atoms with Crippen LogP contribution in [-0.2, 0) is 54.5 Å². The summed E-state index contributed by atoms with van der Waals surface area (Å²) in [5, 5.41) is 35.0. The van der Waals surface area contributed by atoms with Gasteiger partial charge in [-0.15, -0.1) is 0 Å². The summed E-state index contributed by atoms with van der Waals surface area (Å²) in [6.45, 7) is 7.17. The molecule has 6 aliphatic heterocycles. The molecule has 14 atom stereocenters. The lowest BCUT2D eigenvalue weighted by molar-refractivity contribution is -0.138. The fraction of sp³-hybridized carbons (Fsp3) is 0.435. The lowest BCUT2D eigenvalue weighted by Crippen LogP contribution is -2.44. The summed E-state index contributed by atoms with van der Waals surface area (Å²) in [5.41, 5.74) is 13.4. The number of benzene rings is 4. The number of hydrogen-bond acceptors (Lipinski definition) is 13. The zero-order valence-corrected chi connectivity index (χ0v) is 49.2. The van der Waals surface area contributed by atoms with Gasteiger partial charge in [-0.25, -0.2) is 18.8 Å². The van der Waals surface area contributed by atoms with Crippen LogP contribution in [0.4, 0.5) is 4.39 Å². The van der Waals surface area contributed by atoms with Crippen molar-refractivity contribution in [1.29, 1.82) is 0 Å². The highest BCUT2D eigenvalue weighted by atomic mass is 19.1. The van der Waals surface area contributed by atoms with Crippen LogP contribution in [0.5, 0.6) is 5.75 Å². The van der Waals surface area contributed by atoms with E-state index in [1.165, 1.54) is 66.2 Å². The highest BCUT2D eigenvalue weighted by molar-refractivity contribution is 5.92. The molecule has 0 bridgehead atoms. The van der Waals surface area contributed by atoms with Crippen molar-refractivity contribution in [3.05, 3.63) is 171 Å². The summed E-state index contributed by atoms with van der Waals surface area (Å²) in [6, 6.07) is 30.4. The van der Waals surface area contributed by atoms with E-state index in [1.54, 1.807) is 6.07 Å². The van der Waals surface area contributed by atoms with Crippen molar-refractivity contribution in [3.8, 4) is 5.75 Å². The zero-order chi connectivity index (χ0) is 59.4. The summed E-state index contributed by atoms with van der Waals surface area (Å²) in [7, 11) is 4.26. The molecule has 86 heavy (non-hydrogen) atoms. The number of fused-ring (bicyclic) bond motifs is 21. The molecule has 3 aliphatic carbocycles. The fourth-order valence-corrected chi connectivity index (χ4v) is 17.2. The number of aliphatic hydroxyl groups is 3. The molecular formula is C69H75FN6O10. The van der Waals surface area contributed by atoms with E-state index in [0.29, 0.717) is 42.5 Å². The van der Waals surface area contributed by atoms with Crippen molar-refractivity contribution >= 4 is 50.6 Å². The van der Waals surface area contributed by atoms with E-state index >= 15 is 0 Å². The number of halogens is 1. The molecular weight excluding hydrogens is 1090 g/mol. The predicted octanol–water partition coefficient (Wildman–Crippen LogP) is 9.78. The first kappa shape index (κ1) is 56.0. The Bertz CT molecular complexity index is 3900. The number of esters is 3. The van der Waals surface area contributed by atoms with Crippen molar-refractivity contribution in [1.82, 2.24) is 29.7 Å². The van der Waals surface area contributed by atoms with E-state index < -0.39 is 12.2 Å². The number of carbonyl (C=O) groups is 3. The van der Waals surface area contributed by atoms with E-state index in [2.05, 4.69) is 85.1 Å². The van der Waals surface area contributed by atoms with Crippen LogP contribution in [-0.4, -0.2) is 122 Å². The van der Waals surface area contributed by atoms with E-state index in [9.17, 15) is 34.1 Å². The number of para-hydroxylation sites is 2. The first-order valence-corrected chi connectivity index (χ1v) is 30.6. The van der Waals surface area contributed by atoms with Gasteiger partial charge in [0.25, 0.3) is 0 Å².